The first-order chi connectivity index (χ1) is 4.88. The predicted octanol–water partition coefficient (Wildman–Crippen LogP) is 1.47. The zero-order valence-electron chi connectivity index (χ0n) is 5.47. The lowest BCUT2D eigenvalue weighted by atomic mass is 10.1. The van der Waals surface area contributed by atoms with E-state index in [2.05, 4.69) is 5.32 Å². The summed E-state index contributed by atoms with van der Waals surface area (Å²) < 4.78 is 12.8. The number of hydrogen-bond acceptors (Lipinski definition) is 1. The molecule has 1 nitrogen and oxygen atoms in total. The second kappa shape index (κ2) is 2.06. The smallest absolute Gasteiger partial charge is 0.128 e. The first-order valence-corrected chi connectivity index (χ1v) is 3.36. The normalized spacial score (nSPS) is 22.7. The topological polar surface area (TPSA) is 21.9 Å². The molecular formula is C8H8FN. The molecule has 1 aliphatic heterocycles. The summed E-state index contributed by atoms with van der Waals surface area (Å²) in [6.45, 7) is 0.918. The fraction of sp³-hybridized carbons (Fsp3) is 0.250. The van der Waals surface area contributed by atoms with Crippen LogP contribution in [-0.4, -0.2) is 6.54 Å². The second-order valence-corrected chi connectivity index (χ2v) is 2.48. The highest BCUT2D eigenvalue weighted by Gasteiger charge is 2.24. The molecule has 0 amide bonds. The Labute approximate surface area is 58.9 Å². The molecule has 1 heterocycles. The molecule has 1 aromatic rings. The van der Waals surface area contributed by atoms with E-state index < -0.39 is 0 Å². The van der Waals surface area contributed by atoms with Crippen molar-refractivity contribution >= 4 is 0 Å². The molecule has 1 unspecified atom stereocenters. The Balaban J connectivity index is 2.39. The van der Waals surface area contributed by atoms with Crippen molar-refractivity contribution in [2.24, 2.45) is 0 Å². The van der Waals surface area contributed by atoms with Crippen LogP contribution in [-0.2, 0) is 0 Å². The molecule has 1 aromatic carbocycles. The molecule has 0 spiro atoms. The lowest BCUT2D eigenvalue weighted by Crippen LogP contribution is -1.88. The first kappa shape index (κ1) is 5.86. The van der Waals surface area contributed by atoms with E-state index >= 15 is 0 Å². The van der Waals surface area contributed by atoms with E-state index in [0.29, 0.717) is 0 Å². The van der Waals surface area contributed by atoms with Crippen LogP contribution in [0.3, 0.4) is 0 Å². The van der Waals surface area contributed by atoms with Crippen molar-refractivity contribution < 1.29 is 4.39 Å². The van der Waals surface area contributed by atoms with Crippen LogP contribution in [0.2, 0.25) is 0 Å². The van der Waals surface area contributed by atoms with Gasteiger partial charge in [-0.2, -0.15) is 0 Å². The SMILES string of the molecule is Fc1ccccc1C1CN1. The van der Waals surface area contributed by atoms with Gasteiger partial charge in [-0.25, -0.2) is 4.39 Å². The fourth-order valence-electron chi connectivity index (χ4n) is 1.04. The quantitative estimate of drug-likeness (QED) is 0.581. The first-order valence-electron chi connectivity index (χ1n) is 3.36. The van der Waals surface area contributed by atoms with E-state index in [-0.39, 0.29) is 11.9 Å². The van der Waals surface area contributed by atoms with Gasteiger partial charge in [-0.1, -0.05) is 18.2 Å². The van der Waals surface area contributed by atoms with Gasteiger partial charge in [0.05, 0.1) is 0 Å². The lowest BCUT2D eigenvalue weighted by Gasteiger charge is -1.95. The van der Waals surface area contributed by atoms with Crippen LogP contribution in [0.5, 0.6) is 0 Å². The van der Waals surface area contributed by atoms with Gasteiger partial charge in [0.15, 0.2) is 0 Å². The summed E-state index contributed by atoms with van der Waals surface area (Å²) in [5, 5.41) is 3.05. The monoisotopic (exact) mass is 137 g/mol. The molecule has 2 heteroatoms. The molecule has 0 saturated carbocycles. The maximum absolute atomic E-state index is 12.8. The van der Waals surface area contributed by atoms with Crippen molar-refractivity contribution in [2.45, 2.75) is 6.04 Å². The van der Waals surface area contributed by atoms with Gasteiger partial charge in [-0.05, 0) is 6.07 Å². The standard InChI is InChI=1S/C8H8FN/c9-7-4-2-1-3-6(7)8-5-10-8/h1-4,8,10H,5H2. The van der Waals surface area contributed by atoms with E-state index in [0.717, 1.165) is 12.1 Å². The molecule has 0 aromatic heterocycles. The van der Waals surface area contributed by atoms with Crippen molar-refractivity contribution in [2.75, 3.05) is 6.54 Å². The molecule has 0 radical (unpaired) electrons. The highest BCUT2D eigenvalue weighted by Crippen LogP contribution is 2.23. The van der Waals surface area contributed by atoms with Crippen LogP contribution in [0, 0.1) is 5.82 Å². The van der Waals surface area contributed by atoms with Crippen LogP contribution < -0.4 is 5.32 Å². The molecule has 2 rings (SSSR count). The Hall–Kier alpha value is -0.890. The van der Waals surface area contributed by atoms with Crippen LogP contribution in [0.1, 0.15) is 11.6 Å². The fourth-order valence-corrected chi connectivity index (χ4v) is 1.04. The number of hydrogen-bond donors (Lipinski definition) is 1. The van der Waals surface area contributed by atoms with Crippen LogP contribution in [0.15, 0.2) is 24.3 Å². The zero-order chi connectivity index (χ0) is 6.97. The lowest BCUT2D eigenvalue weighted by molar-refractivity contribution is 0.610. The summed E-state index contributed by atoms with van der Waals surface area (Å²) >= 11 is 0. The van der Waals surface area contributed by atoms with Gasteiger partial charge >= 0.3 is 0 Å². The molecule has 1 aliphatic rings. The van der Waals surface area contributed by atoms with Crippen LogP contribution in [0.4, 0.5) is 4.39 Å². The van der Waals surface area contributed by atoms with Gasteiger partial charge in [0.2, 0.25) is 0 Å². The van der Waals surface area contributed by atoms with Crippen LogP contribution in [0.25, 0.3) is 0 Å². The van der Waals surface area contributed by atoms with Gasteiger partial charge in [-0.3, -0.25) is 0 Å². The average Bonchev–Trinajstić information content (AvgIpc) is 2.71. The molecule has 1 saturated heterocycles. The van der Waals surface area contributed by atoms with E-state index in [1.807, 2.05) is 12.1 Å². The molecule has 52 valence electrons. The van der Waals surface area contributed by atoms with Crippen molar-refractivity contribution in [1.29, 1.82) is 0 Å². The van der Waals surface area contributed by atoms with Gasteiger partial charge in [0, 0.05) is 18.2 Å². The Kier molecular flexibility index (Phi) is 1.21. The van der Waals surface area contributed by atoms with Gasteiger partial charge in [0.1, 0.15) is 5.82 Å². The Morgan fingerprint density at radius 2 is 2.10 bits per heavy atom. The zero-order valence-corrected chi connectivity index (χ0v) is 5.47. The van der Waals surface area contributed by atoms with E-state index in [9.17, 15) is 4.39 Å². The summed E-state index contributed by atoms with van der Waals surface area (Å²) in [4.78, 5) is 0. The maximum atomic E-state index is 12.8. The summed E-state index contributed by atoms with van der Waals surface area (Å²) in [5.41, 5.74) is 0.794. The number of halogens is 1. The molecule has 0 aliphatic carbocycles. The Bertz CT molecular complexity index is 243. The van der Waals surface area contributed by atoms with E-state index in [1.165, 1.54) is 6.07 Å². The minimum Gasteiger partial charge on any atom is -0.307 e. The number of rotatable bonds is 1. The Morgan fingerprint density at radius 3 is 2.70 bits per heavy atom. The maximum Gasteiger partial charge on any atom is 0.128 e. The van der Waals surface area contributed by atoms with Gasteiger partial charge < -0.3 is 5.32 Å². The van der Waals surface area contributed by atoms with E-state index in [1.54, 1.807) is 6.07 Å². The molecule has 1 atom stereocenters. The molecule has 1 N–H and O–H groups in total. The minimum atomic E-state index is -0.0995. The minimum absolute atomic E-state index is 0.0995. The van der Waals surface area contributed by atoms with Crippen molar-refractivity contribution in [3.05, 3.63) is 35.6 Å². The van der Waals surface area contributed by atoms with Gasteiger partial charge in [0.25, 0.3) is 0 Å². The summed E-state index contributed by atoms with van der Waals surface area (Å²) in [6.07, 6.45) is 0. The third kappa shape index (κ3) is 0.907. The second-order valence-electron chi connectivity index (χ2n) is 2.48. The predicted molar refractivity (Wildman–Crippen MR) is 37.1 cm³/mol. The highest BCUT2D eigenvalue weighted by molar-refractivity contribution is 5.24. The molecular weight excluding hydrogens is 129 g/mol. The molecule has 1 fully saturated rings. The van der Waals surface area contributed by atoms with Crippen molar-refractivity contribution in [1.82, 2.24) is 5.32 Å². The van der Waals surface area contributed by atoms with E-state index in [4.69, 9.17) is 0 Å². The average molecular weight is 137 g/mol. The largest absolute Gasteiger partial charge is 0.307 e. The van der Waals surface area contributed by atoms with Crippen LogP contribution >= 0.6 is 0 Å². The van der Waals surface area contributed by atoms with Gasteiger partial charge in [-0.15, -0.1) is 0 Å². The highest BCUT2D eigenvalue weighted by atomic mass is 19.1. The molecule has 10 heavy (non-hydrogen) atoms. The summed E-state index contributed by atoms with van der Waals surface area (Å²) in [7, 11) is 0. The summed E-state index contributed by atoms with van der Waals surface area (Å²) in [6, 6.07) is 7.16. The third-order valence-corrected chi connectivity index (χ3v) is 1.69. The third-order valence-electron chi connectivity index (χ3n) is 1.69. The number of benzene rings is 1. The van der Waals surface area contributed by atoms with Crippen molar-refractivity contribution in [3.8, 4) is 0 Å². The Morgan fingerprint density at radius 1 is 1.40 bits per heavy atom. The summed E-state index contributed by atoms with van der Waals surface area (Å²) in [5.74, 6) is -0.0995. The number of nitrogens with one attached hydrogen (secondary N) is 1. The molecule has 0 bridgehead atoms. The van der Waals surface area contributed by atoms with Crippen molar-refractivity contribution in [3.63, 3.8) is 0 Å².